The average molecular weight is 209 g/mol. The summed E-state index contributed by atoms with van der Waals surface area (Å²) in [7, 11) is 0. The molecule has 0 amide bonds. The molecule has 0 fully saturated rings. The molecule has 0 bridgehead atoms. The molecule has 0 spiro atoms. The van der Waals surface area contributed by atoms with E-state index in [1.165, 1.54) is 13.0 Å². The highest BCUT2D eigenvalue weighted by molar-refractivity contribution is 4.96. The second-order valence-electron chi connectivity index (χ2n) is 2.45. The number of alkyl halides is 3. The molecule has 0 heterocycles. The van der Waals surface area contributed by atoms with Crippen LogP contribution >= 0.6 is 0 Å². The first-order chi connectivity index (χ1) is 6.41. The summed E-state index contributed by atoms with van der Waals surface area (Å²) in [6.45, 7) is 1.59. The fraction of sp³-hybridized carbons (Fsp3) is 0.625. The van der Waals surface area contributed by atoms with Gasteiger partial charge in [-0.15, -0.1) is 0 Å². The minimum atomic E-state index is -4.54. The van der Waals surface area contributed by atoms with E-state index in [1.54, 1.807) is 0 Å². The van der Waals surface area contributed by atoms with Crippen LogP contribution in [0.5, 0.6) is 0 Å². The molecular weight excluding hydrogens is 199 g/mol. The first-order valence-electron chi connectivity index (χ1n) is 3.89. The Morgan fingerprint density at radius 3 is 2.57 bits per heavy atom. The third kappa shape index (κ3) is 4.60. The number of hydrogen-bond donors (Lipinski definition) is 1. The molecule has 0 aliphatic rings. The van der Waals surface area contributed by atoms with Gasteiger partial charge in [0.05, 0.1) is 25.0 Å². The van der Waals surface area contributed by atoms with E-state index in [1.807, 2.05) is 0 Å². The summed E-state index contributed by atoms with van der Waals surface area (Å²) in [5.41, 5.74) is 0. The van der Waals surface area contributed by atoms with Crippen LogP contribution in [0.4, 0.5) is 13.2 Å². The van der Waals surface area contributed by atoms with Crippen LogP contribution in [-0.2, 0) is 4.74 Å². The molecule has 0 aromatic rings. The third-order valence-electron chi connectivity index (χ3n) is 1.37. The van der Waals surface area contributed by atoms with Gasteiger partial charge in [0, 0.05) is 6.08 Å². The molecule has 14 heavy (non-hydrogen) atoms. The van der Waals surface area contributed by atoms with E-state index in [2.05, 4.69) is 4.74 Å². The van der Waals surface area contributed by atoms with Gasteiger partial charge in [0.25, 0.3) is 5.95 Å². The molecule has 0 aromatic carbocycles. The van der Waals surface area contributed by atoms with E-state index in [-0.39, 0.29) is 6.61 Å². The zero-order chi connectivity index (χ0) is 11.2. The molecule has 0 unspecified atom stereocenters. The monoisotopic (exact) mass is 209 g/mol. The van der Waals surface area contributed by atoms with E-state index in [0.717, 1.165) is 0 Å². The maximum absolute atomic E-state index is 12.1. The van der Waals surface area contributed by atoms with E-state index in [0.29, 0.717) is 6.08 Å². The second kappa shape index (κ2) is 5.37. The Hall–Kier alpha value is -1.38. The van der Waals surface area contributed by atoms with Gasteiger partial charge in [0.2, 0.25) is 0 Å². The van der Waals surface area contributed by atoms with Crippen molar-refractivity contribution in [2.75, 3.05) is 6.61 Å². The molecule has 0 saturated carbocycles. The Morgan fingerprint density at radius 1 is 1.64 bits per heavy atom. The van der Waals surface area contributed by atoms with Crippen molar-refractivity contribution in [2.45, 2.75) is 19.5 Å². The predicted octanol–water partition coefficient (Wildman–Crippen LogP) is 2.51. The fourth-order valence-corrected chi connectivity index (χ4v) is 0.736. The minimum Gasteiger partial charge on any atom is -0.481 e. The molecule has 0 radical (unpaired) electrons. The molecule has 0 aromatic heterocycles. The van der Waals surface area contributed by atoms with Gasteiger partial charge in [-0.05, 0) is 6.92 Å². The van der Waals surface area contributed by atoms with Crippen molar-refractivity contribution in [3.05, 3.63) is 12.0 Å². The van der Waals surface area contributed by atoms with Crippen molar-refractivity contribution < 1.29 is 23.0 Å². The number of aliphatic hydroxyl groups is 1. The van der Waals surface area contributed by atoms with Crippen molar-refractivity contribution in [3.63, 3.8) is 0 Å². The zero-order valence-corrected chi connectivity index (χ0v) is 7.51. The molecule has 1 atom stereocenters. The lowest BCUT2D eigenvalue weighted by Crippen LogP contribution is -2.21. The lowest BCUT2D eigenvalue weighted by Gasteiger charge is -2.13. The highest BCUT2D eigenvalue weighted by atomic mass is 19.4. The van der Waals surface area contributed by atoms with Crippen molar-refractivity contribution in [2.24, 2.45) is 5.92 Å². The van der Waals surface area contributed by atoms with E-state index in [9.17, 15) is 13.2 Å². The first-order valence-corrected chi connectivity index (χ1v) is 3.89. The van der Waals surface area contributed by atoms with Gasteiger partial charge in [-0.2, -0.15) is 18.4 Å². The smallest absolute Gasteiger partial charge is 0.396 e. The quantitative estimate of drug-likeness (QED) is 0.723. The molecular formula is C8H10F3NO2. The Morgan fingerprint density at radius 2 is 2.21 bits per heavy atom. The van der Waals surface area contributed by atoms with Crippen LogP contribution in [0.25, 0.3) is 0 Å². The number of allylic oxidation sites excluding steroid dienone is 1. The van der Waals surface area contributed by atoms with E-state index in [4.69, 9.17) is 10.4 Å². The molecule has 0 saturated heterocycles. The first kappa shape index (κ1) is 12.6. The van der Waals surface area contributed by atoms with E-state index >= 15 is 0 Å². The van der Waals surface area contributed by atoms with Crippen molar-refractivity contribution in [3.8, 4) is 6.07 Å². The number of aliphatic hydroxyl groups excluding tert-OH is 1. The second-order valence-corrected chi connectivity index (χ2v) is 2.45. The lowest BCUT2D eigenvalue weighted by atomic mass is 10.1. The van der Waals surface area contributed by atoms with Gasteiger partial charge < -0.3 is 9.84 Å². The maximum atomic E-state index is 12.1. The summed E-state index contributed by atoms with van der Waals surface area (Å²) in [5, 5.41) is 17.0. The molecule has 80 valence electrons. The molecule has 6 heteroatoms. The number of hydrogen-bond acceptors (Lipinski definition) is 3. The predicted molar refractivity (Wildman–Crippen MR) is 42.1 cm³/mol. The highest BCUT2D eigenvalue weighted by Crippen LogP contribution is 2.30. The number of ether oxygens (including phenoxy) is 1. The van der Waals surface area contributed by atoms with Crippen molar-refractivity contribution >= 4 is 0 Å². The minimum absolute atomic E-state index is 0.0689. The Kier molecular flexibility index (Phi) is 4.84. The third-order valence-corrected chi connectivity index (χ3v) is 1.37. The Balaban J connectivity index is 4.53. The number of halogens is 3. The fourth-order valence-electron chi connectivity index (χ4n) is 0.736. The van der Waals surface area contributed by atoms with E-state index < -0.39 is 24.5 Å². The van der Waals surface area contributed by atoms with Crippen LogP contribution < -0.4 is 0 Å². The topological polar surface area (TPSA) is 53.2 Å². The zero-order valence-electron chi connectivity index (χ0n) is 7.51. The molecule has 3 nitrogen and oxygen atoms in total. The van der Waals surface area contributed by atoms with Crippen molar-refractivity contribution in [1.29, 1.82) is 5.26 Å². The summed E-state index contributed by atoms with van der Waals surface area (Å²) in [5.74, 6) is -2.79. The maximum Gasteiger partial charge on any atom is 0.396 e. The SMILES string of the molecule is CCO/C(O)=C/[C@@H](CC#N)C(F)(F)F. The average Bonchev–Trinajstić information content (AvgIpc) is 2.02. The van der Waals surface area contributed by atoms with Gasteiger partial charge in [-0.1, -0.05) is 0 Å². The summed E-state index contributed by atoms with van der Waals surface area (Å²) < 4.78 is 40.9. The Labute approximate surface area is 79.4 Å². The van der Waals surface area contributed by atoms with Crippen LogP contribution in [-0.4, -0.2) is 17.9 Å². The van der Waals surface area contributed by atoms with Gasteiger partial charge in [-0.3, -0.25) is 0 Å². The number of nitriles is 1. The van der Waals surface area contributed by atoms with Gasteiger partial charge >= 0.3 is 6.18 Å². The van der Waals surface area contributed by atoms with Gasteiger partial charge in [-0.25, -0.2) is 0 Å². The lowest BCUT2D eigenvalue weighted by molar-refractivity contribution is -0.161. The number of nitrogens with zero attached hydrogens (tertiary/aromatic N) is 1. The molecule has 1 N–H and O–H groups in total. The van der Waals surface area contributed by atoms with Crippen LogP contribution in [0.15, 0.2) is 12.0 Å². The van der Waals surface area contributed by atoms with Crippen LogP contribution in [0.1, 0.15) is 13.3 Å². The summed E-state index contributed by atoms with van der Waals surface area (Å²) in [6.07, 6.45) is -4.78. The highest BCUT2D eigenvalue weighted by Gasteiger charge is 2.38. The van der Waals surface area contributed by atoms with Crippen LogP contribution in [0, 0.1) is 17.2 Å². The summed E-state index contributed by atoms with van der Waals surface area (Å²) >= 11 is 0. The molecule has 0 aliphatic heterocycles. The summed E-state index contributed by atoms with van der Waals surface area (Å²) in [6, 6.07) is 1.39. The Bertz CT molecular complexity index is 242. The summed E-state index contributed by atoms with van der Waals surface area (Å²) in [4.78, 5) is 0. The molecule has 0 aliphatic carbocycles. The largest absolute Gasteiger partial charge is 0.481 e. The van der Waals surface area contributed by atoms with Gasteiger partial charge in [0.15, 0.2) is 0 Å². The van der Waals surface area contributed by atoms with Gasteiger partial charge in [0.1, 0.15) is 0 Å². The van der Waals surface area contributed by atoms with Crippen LogP contribution in [0.2, 0.25) is 0 Å². The number of rotatable bonds is 4. The van der Waals surface area contributed by atoms with Crippen molar-refractivity contribution in [1.82, 2.24) is 0 Å². The standard InChI is InChI=1S/C8H10F3NO2/c1-2-14-7(13)5-6(3-4-12)8(9,10)11/h5-6,13H,2-3H2,1H3/b7-5+/t6-/m1/s1. The normalized spacial score (nSPS) is 14.6. The van der Waals surface area contributed by atoms with Crippen LogP contribution in [0.3, 0.4) is 0 Å². The molecule has 0 rings (SSSR count).